The molecule has 1 saturated heterocycles. The number of aliphatic carboxylic acids is 1. The van der Waals surface area contributed by atoms with E-state index in [4.69, 9.17) is 5.11 Å². The Morgan fingerprint density at radius 1 is 1.44 bits per heavy atom. The summed E-state index contributed by atoms with van der Waals surface area (Å²) in [5.74, 6) is -0.346. The van der Waals surface area contributed by atoms with Crippen LogP contribution >= 0.6 is 0 Å². The molecule has 1 fully saturated rings. The van der Waals surface area contributed by atoms with Crippen LogP contribution < -0.4 is 0 Å². The molecule has 1 heterocycles. The Balaban J connectivity index is 1.93. The summed E-state index contributed by atoms with van der Waals surface area (Å²) >= 11 is 0. The molecule has 1 unspecified atom stereocenters. The highest BCUT2D eigenvalue weighted by atomic mass is 16.4. The first-order chi connectivity index (χ1) is 8.54. The Kier molecular flexibility index (Phi) is 4.02. The summed E-state index contributed by atoms with van der Waals surface area (Å²) in [6, 6.07) is 6.54. The fourth-order valence-electron chi connectivity index (χ4n) is 2.73. The van der Waals surface area contributed by atoms with Crippen molar-refractivity contribution in [2.75, 3.05) is 13.1 Å². The predicted molar refractivity (Wildman–Crippen MR) is 71.6 cm³/mol. The predicted octanol–water partition coefficient (Wildman–Crippen LogP) is 2.60. The Labute approximate surface area is 108 Å². The molecule has 1 aliphatic heterocycles. The van der Waals surface area contributed by atoms with Gasteiger partial charge in [0.2, 0.25) is 0 Å². The van der Waals surface area contributed by atoms with Crippen LogP contribution in [0, 0.1) is 19.8 Å². The SMILES string of the molecule is Cc1ccc(CN2CCC(CC(=O)O)C2)c(C)c1. The number of benzene rings is 1. The summed E-state index contributed by atoms with van der Waals surface area (Å²) in [5.41, 5.74) is 3.98. The number of carboxylic acid groups (broad SMARTS) is 1. The highest BCUT2D eigenvalue weighted by molar-refractivity contribution is 5.67. The van der Waals surface area contributed by atoms with Crippen LogP contribution in [0.2, 0.25) is 0 Å². The molecule has 0 aliphatic carbocycles. The first-order valence-corrected chi connectivity index (χ1v) is 6.55. The van der Waals surface area contributed by atoms with E-state index in [0.29, 0.717) is 12.3 Å². The lowest BCUT2D eigenvalue weighted by Crippen LogP contribution is -2.21. The van der Waals surface area contributed by atoms with Gasteiger partial charge >= 0.3 is 5.97 Å². The monoisotopic (exact) mass is 247 g/mol. The van der Waals surface area contributed by atoms with Crippen LogP contribution in [-0.4, -0.2) is 29.1 Å². The summed E-state index contributed by atoms with van der Waals surface area (Å²) < 4.78 is 0. The fraction of sp³-hybridized carbons (Fsp3) is 0.533. The van der Waals surface area contributed by atoms with Gasteiger partial charge in [-0.1, -0.05) is 23.8 Å². The number of nitrogens with zero attached hydrogens (tertiary/aromatic N) is 1. The number of likely N-dealkylation sites (tertiary alicyclic amines) is 1. The number of carboxylic acids is 1. The fourth-order valence-corrected chi connectivity index (χ4v) is 2.73. The van der Waals surface area contributed by atoms with Crippen LogP contribution in [0.1, 0.15) is 29.5 Å². The summed E-state index contributed by atoms with van der Waals surface area (Å²) in [6.07, 6.45) is 1.32. The van der Waals surface area contributed by atoms with E-state index in [1.54, 1.807) is 0 Å². The van der Waals surface area contributed by atoms with Gasteiger partial charge in [0.25, 0.3) is 0 Å². The minimum Gasteiger partial charge on any atom is -0.481 e. The minimum atomic E-state index is -0.673. The van der Waals surface area contributed by atoms with E-state index in [2.05, 4.69) is 36.9 Å². The molecule has 1 aromatic carbocycles. The van der Waals surface area contributed by atoms with Crippen LogP contribution in [0.15, 0.2) is 18.2 Å². The van der Waals surface area contributed by atoms with Crippen LogP contribution in [0.4, 0.5) is 0 Å². The van der Waals surface area contributed by atoms with Crippen molar-refractivity contribution in [1.29, 1.82) is 0 Å². The Morgan fingerprint density at radius 3 is 2.89 bits per heavy atom. The van der Waals surface area contributed by atoms with E-state index in [9.17, 15) is 4.79 Å². The highest BCUT2D eigenvalue weighted by Gasteiger charge is 2.24. The summed E-state index contributed by atoms with van der Waals surface area (Å²) in [5, 5.41) is 8.81. The molecule has 1 N–H and O–H groups in total. The molecule has 0 spiro atoms. The highest BCUT2D eigenvalue weighted by Crippen LogP contribution is 2.22. The van der Waals surface area contributed by atoms with Gasteiger partial charge in [-0.3, -0.25) is 9.69 Å². The standard InChI is InChI=1S/C15H21NO2/c1-11-3-4-14(12(2)7-11)10-16-6-5-13(9-16)8-15(17)18/h3-4,7,13H,5-6,8-10H2,1-2H3,(H,17,18). The zero-order chi connectivity index (χ0) is 13.1. The van der Waals surface area contributed by atoms with Crippen molar-refractivity contribution in [3.63, 3.8) is 0 Å². The summed E-state index contributed by atoms with van der Waals surface area (Å²) in [7, 11) is 0. The quantitative estimate of drug-likeness (QED) is 0.889. The maximum absolute atomic E-state index is 10.7. The molecule has 0 radical (unpaired) electrons. The molecule has 3 nitrogen and oxygen atoms in total. The van der Waals surface area contributed by atoms with E-state index >= 15 is 0 Å². The lowest BCUT2D eigenvalue weighted by molar-refractivity contribution is -0.138. The molecular weight excluding hydrogens is 226 g/mol. The van der Waals surface area contributed by atoms with Crippen LogP contribution in [0.5, 0.6) is 0 Å². The average molecular weight is 247 g/mol. The van der Waals surface area contributed by atoms with Crippen molar-refractivity contribution in [2.24, 2.45) is 5.92 Å². The lowest BCUT2D eigenvalue weighted by Gasteiger charge is -2.17. The van der Waals surface area contributed by atoms with Gasteiger partial charge in [0.15, 0.2) is 0 Å². The largest absolute Gasteiger partial charge is 0.481 e. The van der Waals surface area contributed by atoms with Gasteiger partial charge in [0, 0.05) is 19.5 Å². The molecule has 0 bridgehead atoms. The summed E-state index contributed by atoms with van der Waals surface area (Å²) in [6.45, 7) is 7.13. The Hall–Kier alpha value is -1.35. The van der Waals surface area contributed by atoms with Crippen molar-refractivity contribution in [3.8, 4) is 0 Å². The van der Waals surface area contributed by atoms with Crippen molar-refractivity contribution in [3.05, 3.63) is 34.9 Å². The first kappa shape index (κ1) is 13.1. The zero-order valence-electron chi connectivity index (χ0n) is 11.1. The van der Waals surface area contributed by atoms with E-state index in [1.807, 2.05) is 0 Å². The van der Waals surface area contributed by atoms with Gasteiger partial charge in [-0.05, 0) is 43.9 Å². The molecule has 1 aliphatic rings. The molecule has 98 valence electrons. The number of hydrogen-bond donors (Lipinski definition) is 1. The van der Waals surface area contributed by atoms with Crippen LogP contribution in [-0.2, 0) is 11.3 Å². The lowest BCUT2D eigenvalue weighted by atomic mass is 10.0. The molecular formula is C15H21NO2. The molecule has 1 atom stereocenters. The van der Waals surface area contributed by atoms with Crippen molar-refractivity contribution in [2.45, 2.75) is 33.2 Å². The first-order valence-electron chi connectivity index (χ1n) is 6.55. The molecule has 0 amide bonds. The number of carbonyl (C=O) groups is 1. The second kappa shape index (κ2) is 5.53. The second-order valence-electron chi connectivity index (χ2n) is 5.42. The van der Waals surface area contributed by atoms with Crippen LogP contribution in [0.25, 0.3) is 0 Å². The smallest absolute Gasteiger partial charge is 0.303 e. The molecule has 0 saturated carbocycles. The number of rotatable bonds is 4. The Bertz CT molecular complexity index is 442. The van der Waals surface area contributed by atoms with Gasteiger partial charge in [-0.25, -0.2) is 0 Å². The van der Waals surface area contributed by atoms with E-state index in [-0.39, 0.29) is 0 Å². The van der Waals surface area contributed by atoms with Crippen molar-refractivity contribution < 1.29 is 9.90 Å². The Morgan fingerprint density at radius 2 is 2.22 bits per heavy atom. The van der Waals surface area contributed by atoms with E-state index < -0.39 is 5.97 Å². The van der Waals surface area contributed by atoms with Crippen molar-refractivity contribution >= 4 is 5.97 Å². The third kappa shape index (κ3) is 3.33. The molecule has 2 rings (SSSR count). The normalized spacial score (nSPS) is 20.2. The van der Waals surface area contributed by atoms with Gasteiger partial charge in [-0.15, -0.1) is 0 Å². The third-order valence-electron chi connectivity index (χ3n) is 3.73. The second-order valence-corrected chi connectivity index (χ2v) is 5.42. The van der Waals surface area contributed by atoms with Crippen molar-refractivity contribution in [1.82, 2.24) is 4.90 Å². The molecule has 1 aromatic rings. The van der Waals surface area contributed by atoms with Gasteiger partial charge < -0.3 is 5.11 Å². The third-order valence-corrected chi connectivity index (χ3v) is 3.73. The van der Waals surface area contributed by atoms with E-state index in [1.165, 1.54) is 16.7 Å². The summed E-state index contributed by atoms with van der Waals surface area (Å²) in [4.78, 5) is 13.1. The average Bonchev–Trinajstić information content (AvgIpc) is 2.69. The minimum absolute atomic E-state index is 0.309. The van der Waals surface area contributed by atoms with Gasteiger partial charge in [0.05, 0.1) is 0 Å². The maximum atomic E-state index is 10.7. The van der Waals surface area contributed by atoms with E-state index in [0.717, 1.165) is 26.1 Å². The zero-order valence-corrected chi connectivity index (χ0v) is 11.1. The molecule has 0 aromatic heterocycles. The molecule has 18 heavy (non-hydrogen) atoms. The topological polar surface area (TPSA) is 40.5 Å². The van der Waals surface area contributed by atoms with Gasteiger partial charge in [-0.2, -0.15) is 0 Å². The van der Waals surface area contributed by atoms with Crippen LogP contribution in [0.3, 0.4) is 0 Å². The number of hydrogen-bond acceptors (Lipinski definition) is 2. The molecule has 3 heteroatoms. The maximum Gasteiger partial charge on any atom is 0.303 e. The van der Waals surface area contributed by atoms with Gasteiger partial charge in [0.1, 0.15) is 0 Å². The number of aryl methyl sites for hydroxylation is 2.